The summed E-state index contributed by atoms with van der Waals surface area (Å²) >= 11 is 0. The predicted molar refractivity (Wildman–Crippen MR) is 88.2 cm³/mol. The van der Waals surface area contributed by atoms with Crippen molar-refractivity contribution in [1.29, 1.82) is 0 Å². The minimum atomic E-state index is -3.13. The number of aryl methyl sites for hydroxylation is 1. The Morgan fingerprint density at radius 2 is 2.12 bits per heavy atom. The summed E-state index contributed by atoms with van der Waals surface area (Å²) in [4.78, 5) is 28.4. The molecule has 0 aromatic carbocycles. The Balaban J connectivity index is 1.75. The predicted octanol–water partition coefficient (Wildman–Crippen LogP) is 0.494. The van der Waals surface area contributed by atoms with Crippen LogP contribution in [-0.2, 0) is 19.4 Å². The summed E-state index contributed by atoms with van der Waals surface area (Å²) in [6, 6.07) is 3.02. The van der Waals surface area contributed by atoms with Crippen LogP contribution < -0.4 is 5.32 Å². The highest BCUT2D eigenvalue weighted by atomic mass is 32.2. The maximum atomic E-state index is 12.3. The van der Waals surface area contributed by atoms with E-state index in [0.29, 0.717) is 12.2 Å². The highest BCUT2D eigenvalue weighted by Gasteiger charge is 2.37. The van der Waals surface area contributed by atoms with Crippen LogP contribution in [0.15, 0.2) is 23.4 Å². The largest absolute Gasteiger partial charge is 0.305 e. The number of nitrogens with one attached hydrogen (secondary N) is 1. The molecule has 1 atom stereocenters. The summed E-state index contributed by atoms with van der Waals surface area (Å²) < 4.78 is 23.2. The first kappa shape index (κ1) is 16.6. The highest BCUT2D eigenvalue weighted by Crippen LogP contribution is 2.22. The zero-order valence-corrected chi connectivity index (χ0v) is 14.0. The second kappa shape index (κ2) is 6.31. The number of anilines is 1. The van der Waals surface area contributed by atoms with Crippen LogP contribution in [0.5, 0.6) is 0 Å². The van der Waals surface area contributed by atoms with E-state index in [1.165, 1.54) is 5.01 Å². The first-order valence-corrected chi connectivity index (χ1v) is 9.50. The molecular formula is C15H18N4O4S. The van der Waals surface area contributed by atoms with Gasteiger partial charge in [-0.2, -0.15) is 5.10 Å². The van der Waals surface area contributed by atoms with Gasteiger partial charge in [0.15, 0.2) is 9.84 Å². The molecule has 0 radical (unpaired) electrons. The zero-order chi connectivity index (χ0) is 17.3. The molecule has 8 nitrogen and oxygen atoms in total. The number of carbonyl (C=O) groups is 2. The second-order valence-corrected chi connectivity index (χ2v) is 8.25. The monoisotopic (exact) mass is 350 g/mol. The molecule has 1 N–H and O–H groups in total. The van der Waals surface area contributed by atoms with Crippen LogP contribution in [0.2, 0.25) is 0 Å². The van der Waals surface area contributed by atoms with E-state index in [-0.39, 0.29) is 36.0 Å². The Bertz CT molecular complexity index is 801. The van der Waals surface area contributed by atoms with Gasteiger partial charge in [0, 0.05) is 19.0 Å². The highest BCUT2D eigenvalue weighted by molar-refractivity contribution is 7.91. The van der Waals surface area contributed by atoms with E-state index in [0.717, 1.165) is 5.56 Å². The van der Waals surface area contributed by atoms with Crippen molar-refractivity contribution >= 4 is 33.2 Å². The molecule has 0 aliphatic carbocycles. The fourth-order valence-electron chi connectivity index (χ4n) is 2.72. The van der Waals surface area contributed by atoms with Crippen LogP contribution in [0.25, 0.3) is 0 Å². The average Bonchev–Trinajstić information content (AvgIpc) is 2.90. The fraction of sp³-hybridized carbons (Fsp3) is 0.467. The van der Waals surface area contributed by atoms with Gasteiger partial charge in [-0.25, -0.2) is 18.4 Å². The third kappa shape index (κ3) is 3.61. The lowest BCUT2D eigenvalue weighted by atomic mass is 10.1. The number of aromatic nitrogens is 1. The molecule has 0 bridgehead atoms. The van der Waals surface area contributed by atoms with E-state index in [2.05, 4.69) is 15.4 Å². The van der Waals surface area contributed by atoms with E-state index < -0.39 is 21.8 Å². The fourth-order valence-corrected chi connectivity index (χ4v) is 4.41. The molecule has 1 saturated heterocycles. The Morgan fingerprint density at radius 1 is 1.33 bits per heavy atom. The number of pyridine rings is 1. The van der Waals surface area contributed by atoms with Crippen LogP contribution in [-0.4, -0.2) is 53.5 Å². The molecule has 0 unspecified atom stereocenters. The molecule has 0 spiro atoms. The van der Waals surface area contributed by atoms with Gasteiger partial charge in [0.1, 0.15) is 11.5 Å². The van der Waals surface area contributed by atoms with Gasteiger partial charge in [-0.3, -0.25) is 9.59 Å². The Hall–Kier alpha value is -2.29. The topological polar surface area (TPSA) is 109 Å². The van der Waals surface area contributed by atoms with E-state index in [4.69, 9.17) is 0 Å². The first-order valence-electron chi connectivity index (χ1n) is 7.68. The molecular weight excluding hydrogens is 332 g/mol. The molecule has 2 aliphatic rings. The molecule has 1 fully saturated rings. The number of rotatable bonds is 3. The van der Waals surface area contributed by atoms with Crippen LogP contribution in [0.3, 0.4) is 0 Å². The van der Waals surface area contributed by atoms with Gasteiger partial charge in [0.05, 0.1) is 17.5 Å². The molecule has 1 aromatic rings. The molecule has 2 aliphatic heterocycles. The van der Waals surface area contributed by atoms with Gasteiger partial charge in [-0.1, -0.05) is 6.07 Å². The number of hydrazone groups is 1. The van der Waals surface area contributed by atoms with Crippen LogP contribution in [0, 0.1) is 6.92 Å². The molecule has 128 valence electrons. The van der Waals surface area contributed by atoms with E-state index in [9.17, 15) is 18.0 Å². The van der Waals surface area contributed by atoms with Gasteiger partial charge in [-0.05, 0) is 25.0 Å². The van der Waals surface area contributed by atoms with Crippen molar-refractivity contribution in [3.05, 3.63) is 23.9 Å². The molecule has 2 amide bonds. The van der Waals surface area contributed by atoms with Gasteiger partial charge in [0.25, 0.3) is 5.91 Å². The average molecular weight is 350 g/mol. The summed E-state index contributed by atoms with van der Waals surface area (Å²) in [5.41, 5.74) is 1.18. The quantitative estimate of drug-likeness (QED) is 0.853. The molecule has 3 rings (SSSR count). The van der Waals surface area contributed by atoms with Crippen molar-refractivity contribution in [2.45, 2.75) is 32.2 Å². The minimum Gasteiger partial charge on any atom is -0.305 e. The normalized spacial score (nSPS) is 23.0. The summed E-state index contributed by atoms with van der Waals surface area (Å²) in [7, 11) is -3.13. The molecule has 3 heterocycles. The molecule has 9 heteroatoms. The SMILES string of the molecule is Cc1ccc(NC(=O)C2=NN([C@H]3CCS(=O)(=O)C3)C(=O)CC2)nc1. The van der Waals surface area contributed by atoms with E-state index in [1.807, 2.05) is 13.0 Å². The third-order valence-corrected chi connectivity index (χ3v) is 5.78. The number of hydrogen-bond donors (Lipinski definition) is 1. The van der Waals surface area contributed by atoms with Crippen molar-refractivity contribution in [1.82, 2.24) is 9.99 Å². The molecule has 1 aromatic heterocycles. The number of amides is 2. The minimum absolute atomic E-state index is 0.0474. The number of hydrogen-bond acceptors (Lipinski definition) is 6. The van der Waals surface area contributed by atoms with Gasteiger partial charge >= 0.3 is 0 Å². The lowest BCUT2D eigenvalue weighted by Crippen LogP contribution is -2.42. The van der Waals surface area contributed by atoms with E-state index >= 15 is 0 Å². The van der Waals surface area contributed by atoms with Crippen molar-refractivity contribution in [2.24, 2.45) is 5.10 Å². The van der Waals surface area contributed by atoms with Crippen molar-refractivity contribution in [3.8, 4) is 0 Å². The first-order chi connectivity index (χ1) is 11.3. The van der Waals surface area contributed by atoms with E-state index in [1.54, 1.807) is 12.3 Å². The molecule has 0 saturated carbocycles. The summed E-state index contributed by atoms with van der Waals surface area (Å²) in [5.74, 6) is -0.324. The maximum Gasteiger partial charge on any atom is 0.273 e. The van der Waals surface area contributed by atoms with Crippen LogP contribution in [0.1, 0.15) is 24.8 Å². The van der Waals surface area contributed by atoms with Gasteiger partial charge in [-0.15, -0.1) is 0 Å². The maximum absolute atomic E-state index is 12.3. The van der Waals surface area contributed by atoms with Crippen molar-refractivity contribution < 1.29 is 18.0 Å². The van der Waals surface area contributed by atoms with Crippen molar-refractivity contribution in [3.63, 3.8) is 0 Å². The lowest BCUT2D eigenvalue weighted by molar-refractivity contribution is -0.133. The number of carbonyl (C=O) groups excluding carboxylic acids is 2. The van der Waals surface area contributed by atoms with Crippen molar-refractivity contribution in [2.75, 3.05) is 16.8 Å². The van der Waals surface area contributed by atoms with Crippen LogP contribution in [0.4, 0.5) is 5.82 Å². The summed E-state index contributed by atoms with van der Waals surface area (Å²) in [5, 5.41) is 7.94. The van der Waals surface area contributed by atoms with Crippen LogP contribution >= 0.6 is 0 Å². The number of nitrogens with zero attached hydrogens (tertiary/aromatic N) is 3. The molecule has 24 heavy (non-hydrogen) atoms. The lowest BCUT2D eigenvalue weighted by Gasteiger charge is -2.27. The standard InChI is InChI=1S/C15H18N4O4S/c1-10-2-4-13(16-8-10)17-15(21)12-3-5-14(20)19(18-12)11-6-7-24(22,23)9-11/h2,4,8,11H,3,5-7,9H2,1H3,(H,16,17,21)/t11-/m0/s1. The van der Waals surface area contributed by atoms with Gasteiger partial charge in [0.2, 0.25) is 5.91 Å². The Kier molecular flexibility index (Phi) is 4.35. The number of sulfone groups is 1. The third-order valence-electron chi connectivity index (χ3n) is 4.03. The second-order valence-electron chi connectivity index (χ2n) is 6.02. The Morgan fingerprint density at radius 3 is 2.75 bits per heavy atom. The summed E-state index contributed by atoms with van der Waals surface area (Å²) in [6.07, 6.45) is 2.36. The summed E-state index contributed by atoms with van der Waals surface area (Å²) in [6.45, 7) is 1.89. The Labute approximate surface area is 139 Å². The van der Waals surface area contributed by atoms with Gasteiger partial charge < -0.3 is 5.32 Å². The smallest absolute Gasteiger partial charge is 0.273 e. The zero-order valence-electron chi connectivity index (χ0n) is 13.2.